The number of hydrogen-bond acceptors (Lipinski definition) is 5. The molecule has 2 fully saturated rings. The Labute approximate surface area is 155 Å². The van der Waals surface area contributed by atoms with Gasteiger partial charge < -0.3 is 10.5 Å². The monoisotopic (exact) mass is 352 g/mol. The Hall–Kier alpha value is -1.82. The summed E-state index contributed by atoms with van der Waals surface area (Å²) in [5, 5.41) is 0. The predicted molar refractivity (Wildman–Crippen MR) is 101 cm³/mol. The van der Waals surface area contributed by atoms with E-state index in [-0.39, 0.29) is 5.60 Å². The van der Waals surface area contributed by atoms with Crippen LogP contribution in [-0.4, -0.2) is 35.1 Å². The quantitative estimate of drug-likeness (QED) is 0.896. The number of hydrogen-bond donors (Lipinski definition) is 1. The molecule has 26 heavy (non-hydrogen) atoms. The molecule has 5 nitrogen and oxygen atoms in total. The van der Waals surface area contributed by atoms with Crippen molar-refractivity contribution in [3.8, 4) is 0 Å². The lowest BCUT2D eigenvalue weighted by Crippen LogP contribution is -2.58. The zero-order chi connectivity index (χ0) is 18.0. The maximum Gasteiger partial charge on any atom is 0.101 e. The predicted octanol–water partition coefficient (Wildman–Crippen LogP) is 2.71. The van der Waals surface area contributed by atoms with Crippen molar-refractivity contribution in [2.24, 2.45) is 17.6 Å². The molecule has 5 heteroatoms. The molecule has 1 aliphatic carbocycles. The van der Waals surface area contributed by atoms with Gasteiger partial charge in [-0.05, 0) is 48.2 Å². The summed E-state index contributed by atoms with van der Waals surface area (Å²) in [4.78, 5) is 11.1. The Kier molecular flexibility index (Phi) is 5.02. The molecule has 2 N–H and O–H groups in total. The Morgan fingerprint density at radius 1 is 1.15 bits per heavy atom. The number of methoxy groups -OCH3 is 1. The van der Waals surface area contributed by atoms with Crippen molar-refractivity contribution in [1.29, 1.82) is 0 Å². The number of piperidine rings is 1. The van der Waals surface area contributed by atoms with Gasteiger partial charge in [-0.3, -0.25) is 14.9 Å². The van der Waals surface area contributed by atoms with Crippen molar-refractivity contribution in [3.63, 3.8) is 0 Å². The second kappa shape index (κ2) is 7.43. The van der Waals surface area contributed by atoms with Crippen LogP contribution < -0.4 is 5.73 Å². The van der Waals surface area contributed by atoms with Crippen LogP contribution in [0.1, 0.15) is 36.1 Å². The van der Waals surface area contributed by atoms with Gasteiger partial charge in [0, 0.05) is 63.7 Å². The molecule has 1 saturated heterocycles. The number of nitrogens with zero attached hydrogens (tertiary/aromatic N) is 3. The smallest absolute Gasteiger partial charge is 0.101 e. The molecule has 0 aromatic carbocycles. The van der Waals surface area contributed by atoms with Gasteiger partial charge in [-0.15, -0.1) is 0 Å². The summed E-state index contributed by atoms with van der Waals surface area (Å²) >= 11 is 0. The van der Waals surface area contributed by atoms with E-state index in [1.54, 1.807) is 0 Å². The number of fused-ring (bicyclic) bond motifs is 2. The summed E-state index contributed by atoms with van der Waals surface area (Å²) in [5.41, 5.74) is 9.16. The van der Waals surface area contributed by atoms with Gasteiger partial charge in [0.2, 0.25) is 0 Å². The summed E-state index contributed by atoms with van der Waals surface area (Å²) in [6.45, 7) is 3.58. The number of aromatic nitrogens is 2. The van der Waals surface area contributed by atoms with Crippen molar-refractivity contribution in [1.82, 2.24) is 14.9 Å². The van der Waals surface area contributed by atoms with Crippen LogP contribution in [0.2, 0.25) is 0 Å². The third-order valence-electron chi connectivity index (χ3n) is 6.25. The lowest BCUT2D eigenvalue weighted by Gasteiger charge is -2.55. The van der Waals surface area contributed by atoms with Gasteiger partial charge in [-0.1, -0.05) is 6.42 Å². The lowest BCUT2D eigenvalue weighted by molar-refractivity contribution is -0.170. The van der Waals surface area contributed by atoms with E-state index in [9.17, 15) is 0 Å². The molecule has 0 amide bonds. The first-order valence-corrected chi connectivity index (χ1v) is 9.58. The molecule has 2 aliphatic rings. The van der Waals surface area contributed by atoms with E-state index in [2.05, 4.69) is 39.1 Å². The molecular formula is C21H28N4O. The van der Waals surface area contributed by atoms with Gasteiger partial charge in [0.15, 0.2) is 0 Å². The lowest BCUT2D eigenvalue weighted by atomic mass is 9.62. The highest BCUT2D eigenvalue weighted by atomic mass is 16.5. The van der Waals surface area contributed by atoms with Crippen LogP contribution in [0.4, 0.5) is 0 Å². The van der Waals surface area contributed by atoms with Crippen LogP contribution >= 0.6 is 0 Å². The highest BCUT2D eigenvalue weighted by Crippen LogP contribution is 2.51. The summed E-state index contributed by atoms with van der Waals surface area (Å²) in [6.07, 6.45) is 9.35. The van der Waals surface area contributed by atoms with E-state index in [4.69, 9.17) is 10.5 Å². The minimum atomic E-state index is -0.208. The molecule has 2 bridgehead atoms. The van der Waals surface area contributed by atoms with Crippen molar-refractivity contribution in [3.05, 3.63) is 59.7 Å². The molecule has 1 aliphatic heterocycles. The first kappa shape index (κ1) is 17.6. The average Bonchev–Trinajstić information content (AvgIpc) is 2.68. The molecule has 1 saturated carbocycles. The van der Waals surface area contributed by atoms with E-state index in [1.165, 1.54) is 30.4 Å². The van der Waals surface area contributed by atoms with E-state index in [0.717, 1.165) is 25.3 Å². The number of ether oxygens (including phenoxy) is 1. The standard InChI is InChI=1S/C21H28N4O/c1-26-21(17-7-10-24-20(11-17)12-22)18-3-2-4-19(21)15-25(14-18)13-16-5-8-23-9-6-16/h5-11,18-19H,2-4,12-15,22H2,1H3. The average molecular weight is 352 g/mol. The van der Waals surface area contributed by atoms with Crippen LogP contribution in [-0.2, 0) is 23.4 Å². The van der Waals surface area contributed by atoms with Crippen molar-refractivity contribution in [2.45, 2.75) is 38.0 Å². The normalized spacial score (nSPS) is 28.8. The van der Waals surface area contributed by atoms with Gasteiger partial charge in [0.1, 0.15) is 5.60 Å². The molecule has 0 radical (unpaired) electrons. The summed E-state index contributed by atoms with van der Waals surface area (Å²) in [7, 11) is 1.88. The molecule has 4 rings (SSSR count). The Morgan fingerprint density at radius 3 is 2.54 bits per heavy atom. The Bertz CT molecular complexity index is 722. The second-order valence-electron chi connectivity index (χ2n) is 7.61. The van der Waals surface area contributed by atoms with Gasteiger partial charge >= 0.3 is 0 Å². The fourth-order valence-corrected chi connectivity index (χ4v) is 5.16. The molecule has 0 spiro atoms. The minimum Gasteiger partial charge on any atom is -0.373 e. The van der Waals surface area contributed by atoms with E-state index >= 15 is 0 Å². The molecule has 3 heterocycles. The van der Waals surface area contributed by atoms with Crippen LogP contribution in [0.15, 0.2) is 42.9 Å². The zero-order valence-electron chi connectivity index (χ0n) is 15.5. The van der Waals surface area contributed by atoms with Crippen molar-refractivity contribution < 1.29 is 4.74 Å². The largest absolute Gasteiger partial charge is 0.373 e. The topological polar surface area (TPSA) is 64.3 Å². The molecule has 2 aromatic heterocycles. The van der Waals surface area contributed by atoms with Gasteiger partial charge in [0.05, 0.1) is 5.69 Å². The maximum atomic E-state index is 6.32. The first-order valence-electron chi connectivity index (χ1n) is 9.58. The summed E-state index contributed by atoms with van der Waals surface area (Å²) in [5.74, 6) is 0.990. The van der Waals surface area contributed by atoms with Crippen molar-refractivity contribution >= 4 is 0 Å². The molecule has 2 atom stereocenters. The number of rotatable bonds is 5. The number of pyridine rings is 2. The highest BCUT2D eigenvalue weighted by molar-refractivity contribution is 5.28. The van der Waals surface area contributed by atoms with Crippen LogP contribution in [0.25, 0.3) is 0 Å². The summed E-state index contributed by atoms with van der Waals surface area (Å²) in [6, 6.07) is 8.52. The zero-order valence-corrected chi connectivity index (χ0v) is 15.5. The Balaban J connectivity index is 1.63. The number of nitrogens with two attached hydrogens (primary N) is 1. The molecule has 138 valence electrons. The van der Waals surface area contributed by atoms with Gasteiger partial charge in [-0.25, -0.2) is 0 Å². The van der Waals surface area contributed by atoms with E-state index < -0.39 is 0 Å². The fraction of sp³-hybridized carbons (Fsp3) is 0.524. The van der Waals surface area contributed by atoms with Gasteiger partial charge in [-0.2, -0.15) is 0 Å². The highest BCUT2D eigenvalue weighted by Gasteiger charge is 2.53. The Morgan fingerprint density at radius 2 is 1.88 bits per heavy atom. The molecular weight excluding hydrogens is 324 g/mol. The third-order valence-corrected chi connectivity index (χ3v) is 6.25. The van der Waals surface area contributed by atoms with E-state index in [1.807, 2.05) is 25.7 Å². The fourth-order valence-electron chi connectivity index (χ4n) is 5.16. The van der Waals surface area contributed by atoms with Crippen LogP contribution in [0, 0.1) is 11.8 Å². The maximum absolute atomic E-state index is 6.32. The van der Waals surface area contributed by atoms with E-state index in [0.29, 0.717) is 18.4 Å². The number of likely N-dealkylation sites (tertiary alicyclic amines) is 1. The third kappa shape index (κ3) is 3.04. The summed E-state index contributed by atoms with van der Waals surface area (Å²) < 4.78 is 6.32. The van der Waals surface area contributed by atoms with Crippen LogP contribution in [0.5, 0.6) is 0 Å². The minimum absolute atomic E-state index is 0.208. The second-order valence-corrected chi connectivity index (χ2v) is 7.61. The first-order chi connectivity index (χ1) is 12.8. The van der Waals surface area contributed by atoms with Crippen LogP contribution in [0.3, 0.4) is 0 Å². The molecule has 2 aromatic rings. The molecule has 2 unspecified atom stereocenters. The van der Waals surface area contributed by atoms with Gasteiger partial charge in [0.25, 0.3) is 0 Å². The SMILES string of the molecule is COC1(c2ccnc(CN)c2)C2CCCC1CN(Cc1ccncc1)C2. The van der Waals surface area contributed by atoms with Crippen molar-refractivity contribution in [2.75, 3.05) is 20.2 Å².